The number of alkyl halides is 1. The van der Waals surface area contributed by atoms with E-state index in [9.17, 15) is 13.2 Å². The largest absolute Gasteiger partial charge is 0.342 e. The van der Waals surface area contributed by atoms with Crippen LogP contribution in [0.2, 0.25) is 0 Å². The van der Waals surface area contributed by atoms with Crippen molar-refractivity contribution in [3.63, 3.8) is 0 Å². The third kappa shape index (κ3) is 3.41. The molecule has 1 fully saturated rings. The molecule has 0 unspecified atom stereocenters. The van der Waals surface area contributed by atoms with Crippen molar-refractivity contribution in [2.75, 3.05) is 11.5 Å². The Hall–Kier alpha value is 0.150. The highest BCUT2D eigenvalue weighted by Gasteiger charge is 2.35. The van der Waals surface area contributed by atoms with Crippen molar-refractivity contribution >= 4 is 38.3 Å². The van der Waals surface area contributed by atoms with Crippen molar-refractivity contribution in [2.24, 2.45) is 0 Å². The molecule has 76 valence electrons. The third-order valence-corrected chi connectivity index (χ3v) is 5.02. The second-order valence-electron chi connectivity index (χ2n) is 3.30. The number of carbonyl (C=O) groups is 1. The van der Waals surface area contributed by atoms with E-state index in [1.807, 2.05) is 0 Å². The number of rotatable bonds is 1. The lowest BCUT2D eigenvalue weighted by atomic mass is 10.1. The first-order chi connectivity index (χ1) is 5.83. The van der Waals surface area contributed by atoms with Crippen LogP contribution in [-0.4, -0.2) is 29.4 Å². The van der Waals surface area contributed by atoms with Crippen molar-refractivity contribution in [1.29, 1.82) is 0 Å². The monoisotopic (exact) mass is 317 g/mol. The summed E-state index contributed by atoms with van der Waals surface area (Å²) >= 11 is 2.13. The maximum atomic E-state index is 11.1. The maximum Gasteiger partial charge on any atom is 0.217 e. The first-order valence-electron chi connectivity index (χ1n) is 4.01. The zero-order valence-corrected chi connectivity index (χ0v) is 10.3. The molecule has 1 saturated heterocycles. The van der Waals surface area contributed by atoms with E-state index in [0.717, 1.165) is 0 Å². The van der Waals surface area contributed by atoms with Gasteiger partial charge in [-0.2, -0.15) is 0 Å². The van der Waals surface area contributed by atoms with E-state index in [-0.39, 0.29) is 21.0 Å². The van der Waals surface area contributed by atoms with Crippen LogP contribution in [-0.2, 0) is 14.6 Å². The maximum absolute atomic E-state index is 11.1. The van der Waals surface area contributed by atoms with Crippen molar-refractivity contribution in [1.82, 2.24) is 5.32 Å². The highest BCUT2D eigenvalue weighted by Crippen LogP contribution is 2.29. The van der Waals surface area contributed by atoms with Gasteiger partial charge in [-0.15, -0.1) is 0 Å². The molecule has 0 aromatic heterocycles. The van der Waals surface area contributed by atoms with Crippen molar-refractivity contribution < 1.29 is 13.2 Å². The molecular formula is C7H12INO3S. The number of hydrogen-bond donors (Lipinski definition) is 1. The van der Waals surface area contributed by atoms with E-state index in [0.29, 0.717) is 12.8 Å². The Labute approximate surface area is 91.5 Å². The van der Waals surface area contributed by atoms with Crippen LogP contribution in [0, 0.1) is 0 Å². The summed E-state index contributed by atoms with van der Waals surface area (Å²) in [6.07, 6.45) is 1.02. The van der Waals surface area contributed by atoms with Crippen LogP contribution in [0.5, 0.6) is 0 Å². The van der Waals surface area contributed by atoms with Gasteiger partial charge < -0.3 is 5.32 Å². The Kier molecular flexibility index (Phi) is 3.21. The summed E-state index contributed by atoms with van der Waals surface area (Å²) in [5.74, 6) is 0.251. The lowest BCUT2D eigenvalue weighted by molar-refractivity contribution is -0.119. The molecule has 0 aromatic carbocycles. The van der Waals surface area contributed by atoms with Crippen LogP contribution in [0.15, 0.2) is 0 Å². The predicted octanol–water partition coefficient (Wildman–Crippen LogP) is 0.462. The van der Waals surface area contributed by atoms with Gasteiger partial charge in [-0.3, -0.25) is 4.79 Å². The minimum absolute atomic E-state index is 0.103. The predicted molar refractivity (Wildman–Crippen MR) is 58.5 cm³/mol. The van der Waals surface area contributed by atoms with E-state index in [2.05, 4.69) is 27.9 Å². The van der Waals surface area contributed by atoms with Gasteiger partial charge in [0.1, 0.15) is 0 Å². The van der Waals surface area contributed by atoms with Crippen molar-refractivity contribution in [3.05, 3.63) is 0 Å². The number of carbonyl (C=O) groups excluding carboxylic acids is 1. The number of halogens is 1. The fourth-order valence-electron chi connectivity index (χ4n) is 1.30. The second-order valence-corrected chi connectivity index (χ2v) is 7.67. The van der Waals surface area contributed by atoms with E-state index in [4.69, 9.17) is 0 Å². The van der Waals surface area contributed by atoms with Gasteiger partial charge >= 0.3 is 0 Å². The average Bonchev–Trinajstić information content (AvgIpc) is 1.95. The standard InChI is InChI=1S/C7H12INO3S/c1-6(10)9-7(8)2-4-13(11,12)5-3-7/h2-5H2,1H3,(H,9,10). The first kappa shape index (κ1) is 11.2. The van der Waals surface area contributed by atoms with Crippen molar-refractivity contribution in [2.45, 2.75) is 23.3 Å². The Bertz CT molecular complexity index is 298. The Morgan fingerprint density at radius 1 is 1.38 bits per heavy atom. The topological polar surface area (TPSA) is 63.2 Å². The molecule has 1 amide bonds. The molecule has 4 nitrogen and oxygen atoms in total. The summed E-state index contributed by atoms with van der Waals surface area (Å²) in [7, 11) is -2.85. The van der Waals surface area contributed by atoms with Crippen LogP contribution >= 0.6 is 22.6 Å². The summed E-state index contributed by atoms with van der Waals surface area (Å²) in [5.41, 5.74) is 0. The molecule has 0 bridgehead atoms. The van der Waals surface area contributed by atoms with Gasteiger partial charge in [0.05, 0.1) is 15.1 Å². The molecule has 1 aliphatic rings. The number of hydrogen-bond acceptors (Lipinski definition) is 3. The fraction of sp³-hybridized carbons (Fsp3) is 0.857. The average molecular weight is 317 g/mol. The number of amides is 1. The lowest BCUT2D eigenvalue weighted by Gasteiger charge is -2.31. The zero-order chi connectivity index (χ0) is 10.1. The van der Waals surface area contributed by atoms with E-state index in [1.165, 1.54) is 6.92 Å². The van der Waals surface area contributed by atoms with Gasteiger partial charge in [-0.25, -0.2) is 8.42 Å². The molecular weight excluding hydrogens is 305 g/mol. The number of sulfone groups is 1. The molecule has 1 heterocycles. The molecule has 1 aliphatic heterocycles. The summed E-state index contributed by atoms with van der Waals surface area (Å²) < 4.78 is 21.9. The van der Waals surface area contributed by atoms with Gasteiger partial charge in [0.2, 0.25) is 5.91 Å². The van der Waals surface area contributed by atoms with Crippen LogP contribution in [0.3, 0.4) is 0 Å². The minimum Gasteiger partial charge on any atom is -0.342 e. The van der Waals surface area contributed by atoms with E-state index >= 15 is 0 Å². The summed E-state index contributed by atoms with van der Waals surface area (Å²) in [5, 5.41) is 2.78. The molecule has 0 atom stereocenters. The molecule has 0 aliphatic carbocycles. The van der Waals surface area contributed by atoms with Crippen LogP contribution in [0.25, 0.3) is 0 Å². The highest BCUT2D eigenvalue weighted by molar-refractivity contribution is 14.1. The summed E-state index contributed by atoms with van der Waals surface area (Å²) in [4.78, 5) is 10.8. The fourth-order valence-corrected chi connectivity index (χ4v) is 4.48. The Morgan fingerprint density at radius 2 is 1.85 bits per heavy atom. The molecule has 0 saturated carbocycles. The third-order valence-electron chi connectivity index (χ3n) is 2.02. The SMILES string of the molecule is CC(=O)NC1(I)CCS(=O)(=O)CC1. The molecule has 1 rings (SSSR count). The van der Waals surface area contributed by atoms with Gasteiger partial charge in [0, 0.05) is 6.92 Å². The van der Waals surface area contributed by atoms with Gasteiger partial charge in [-0.1, -0.05) is 22.6 Å². The molecule has 0 spiro atoms. The van der Waals surface area contributed by atoms with Crippen molar-refractivity contribution in [3.8, 4) is 0 Å². The van der Waals surface area contributed by atoms with Gasteiger partial charge in [0.25, 0.3) is 0 Å². The molecule has 1 N–H and O–H groups in total. The molecule has 13 heavy (non-hydrogen) atoms. The lowest BCUT2D eigenvalue weighted by Crippen LogP contribution is -2.47. The zero-order valence-electron chi connectivity index (χ0n) is 7.34. The Morgan fingerprint density at radius 3 is 2.23 bits per heavy atom. The second kappa shape index (κ2) is 3.72. The molecule has 0 aromatic rings. The highest BCUT2D eigenvalue weighted by atomic mass is 127. The summed E-state index contributed by atoms with van der Waals surface area (Å²) in [6, 6.07) is 0. The Balaban J connectivity index is 2.61. The van der Waals surface area contributed by atoms with Crippen LogP contribution < -0.4 is 5.32 Å². The number of nitrogens with one attached hydrogen (secondary N) is 1. The smallest absolute Gasteiger partial charge is 0.217 e. The minimum atomic E-state index is -2.85. The van der Waals surface area contributed by atoms with Gasteiger partial charge in [0.15, 0.2) is 9.84 Å². The molecule has 6 heteroatoms. The normalized spacial score (nSPS) is 25.1. The van der Waals surface area contributed by atoms with Crippen LogP contribution in [0.1, 0.15) is 19.8 Å². The summed E-state index contributed by atoms with van der Waals surface area (Å²) in [6.45, 7) is 1.45. The quantitative estimate of drug-likeness (QED) is 0.434. The van der Waals surface area contributed by atoms with Gasteiger partial charge in [-0.05, 0) is 12.8 Å². The molecule has 0 radical (unpaired) electrons. The van der Waals surface area contributed by atoms with E-state index in [1.54, 1.807) is 0 Å². The first-order valence-corrected chi connectivity index (χ1v) is 6.91. The van der Waals surface area contributed by atoms with Crippen LogP contribution in [0.4, 0.5) is 0 Å². The van der Waals surface area contributed by atoms with E-state index < -0.39 is 9.84 Å².